The lowest BCUT2D eigenvalue weighted by molar-refractivity contribution is 0.0773. The van der Waals surface area contributed by atoms with Crippen LogP contribution in [-0.4, -0.2) is 43.8 Å². The Bertz CT molecular complexity index is 826. The molecule has 1 N–H and O–H groups in total. The lowest BCUT2D eigenvalue weighted by Crippen LogP contribution is -2.38. The number of para-hydroxylation sites is 1. The molecule has 1 aliphatic rings. The highest BCUT2D eigenvalue weighted by Gasteiger charge is 2.24. The van der Waals surface area contributed by atoms with Crippen molar-refractivity contribution in [3.05, 3.63) is 46.8 Å². The normalized spacial score (nSPS) is 15.3. The molecule has 1 aromatic carbocycles. The summed E-state index contributed by atoms with van der Waals surface area (Å²) in [6, 6.07) is 8.51. The van der Waals surface area contributed by atoms with Gasteiger partial charge in [-0.1, -0.05) is 18.2 Å². The molecular weight excluding hydrogens is 364 g/mol. The third-order valence-corrected chi connectivity index (χ3v) is 7.49. The van der Waals surface area contributed by atoms with Gasteiger partial charge in [-0.15, -0.1) is 11.3 Å². The maximum Gasteiger partial charge on any atom is 0.271 e. The first-order valence-corrected chi connectivity index (χ1v) is 11.0. The summed E-state index contributed by atoms with van der Waals surface area (Å²) in [5.41, 5.74) is 1.50. The monoisotopic (exact) mass is 382 g/mol. The number of sulfonamides is 1. The molecule has 0 atom stereocenters. The number of hydrogen-bond acceptors (Lipinski definition) is 5. The van der Waals surface area contributed by atoms with Crippen molar-refractivity contribution in [3.63, 3.8) is 0 Å². The van der Waals surface area contributed by atoms with Gasteiger partial charge in [0.1, 0.15) is 4.21 Å². The first kappa shape index (κ1) is 17.3. The van der Waals surface area contributed by atoms with E-state index in [1.807, 2.05) is 11.8 Å². The fourth-order valence-electron chi connectivity index (χ4n) is 2.52. The fourth-order valence-corrected chi connectivity index (χ4v) is 5.57. The van der Waals surface area contributed by atoms with Gasteiger partial charge in [0.05, 0.1) is 11.3 Å². The minimum atomic E-state index is -3.69. The number of anilines is 1. The van der Waals surface area contributed by atoms with Crippen LogP contribution in [0.2, 0.25) is 0 Å². The van der Waals surface area contributed by atoms with Crippen LogP contribution in [0.1, 0.15) is 15.9 Å². The van der Waals surface area contributed by atoms with Gasteiger partial charge in [-0.2, -0.15) is 11.8 Å². The predicted octanol–water partition coefficient (Wildman–Crippen LogP) is 3.05. The van der Waals surface area contributed by atoms with Gasteiger partial charge in [-0.3, -0.25) is 9.52 Å². The zero-order valence-corrected chi connectivity index (χ0v) is 15.6. The van der Waals surface area contributed by atoms with Crippen molar-refractivity contribution in [1.29, 1.82) is 0 Å². The van der Waals surface area contributed by atoms with Crippen molar-refractivity contribution in [2.45, 2.75) is 11.1 Å². The second kappa shape index (κ2) is 7.16. The summed E-state index contributed by atoms with van der Waals surface area (Å²) in [7, 11) is -3.69. The van der Waals surface area contributed by atoms with Crippen LogP contribution in [0.15, 0.2) is 39.9 Å². The van der Waals surface area contributed by atoms with E-state index < -0.39 is 10.0 Å². The topological polar surface area (TPSA) is 66.5 Å². The molecule has 24 heavy (non-hydrogen) atoms. The number of thioether (sulfide) groups is 1. The van der Waals surface area contributed by atoms with Crippen molar-refractivity contribution in [2.75, 3.05) is 29.3 Å². The van der Waals surface area contributed by atoms with Crippen LogP contribution in [0.3, 0.4) is 0 Å². The number of rotatable bonds is 4. The Morgan fingerprint density at radius 2 is 1.92 bits per heavy atom. The minimum Gasteiger partial charge on any atom is -0.337 e. The Morgan fingerprint density at radius 3 is 2.58 bits per heavy atom. The van der Waals surface area contributed by atoms with Crippen molar-refractivity contribution >= 4 is 44.7 Å². The molecule has 0 aliphatic carbocycles. The first-order chi connectivity index (χ1) is 11.5. The van der Waals surface area contributed by atoms with E-state index in [0.29, 0.717) is 24.3 Å². The van der Waals surface area contributed by atoms with Gasteiger partial charge >= 0.3 is 0 Å². The van der Waals surface area contributed by atoms with E-state index in [9.17, 15) is 13.2 Å². The molecule has 2 heterocycles. The molecule has 1 aromatic heterocycles. The van der Waals surface area contributed by atoms with E-state index >= 15 is 0 Å². The Morgan fingerprint density at radius 1 is 1.17 bits per heavy atom. The number of aryl methyl sites for hydroxylation is 1. The van der Waals surface area contributed by atoms with Crippen molar-refractivity contribution in [2.24, 2.45) is 0 Å². The molecule has 0 radical (unpaired) electrons. The van der Waals surface area contributed by atoms with Crippen LogP contribution >= 0.6 is 23.1 Å². The van der Waals surface area contributed by atoms with E-state index in [2.05, 4.69) is 4.72 Å². The number of carbonyl (C=O) groups excluding carboxylic acids is 1. The van der Waals surface area contributed by atoms with E-state index in [1.165, 1.54) is 0 Å². The van der Waals surface area contributed by atoms with Gasteiger partial charge in [-0.05, 0) is 30.0 Å². The highest BCUT2D eigenvalue weighted by molar-refractivity contribution is 7.99. The molecular formula is C16H18N2O3S3. The molecule has 0 unspecified atom stereocenters. The molecule has 1 aliphatic heterocycles. The van der Waals surface area contributed by atoms with Crippen molar-refractivity contribution in [3.8, 4) is 0 Å². The number of nitrogens with zero attached hydrogens (tertiary/aromatic N) is 1. The van der Waals surface area contributed by atoms with Crippen LogP contribution in [-0.2, 0) is 10.0 Å². The van der Waals surface area contributed by atoms with Gasteiger partial charge in [0.15, 0.2) is 0 Å². The molecule has 128 valence electrons. The number of hydrogen-bond donors (Lipinski definition) is 1. The smallest absolute Gasteiger partial charge is 0.271 e. The standard InChI is InChI=1S/C16H18N2O3S3/c1-12-4-2-5-13(16(19)18-7-10-22-11-8-18)15(12)17-24(20,21)14-6-3-9-23-14/h2-6,9,17H,7-8,10-11H2,1H3. The molecule has 1 fully saturated rings. The third-order valence-electron chi connectivity index (χ3n) is 3.80. The quantitative estimate of drug-likeness (QED) is 0.883. The second-order valence-corrected chi connectivity index (χ2v) is 9.52. The zero-order chi connectivity index (χ0) is 17.2. The average Bonchev–Trinajstić information content (AvgIpc) is 3.12. The fraction of sp³-hybridized carbons (Fsp3) is 0.312. The predicted molar refractivity (Wildman–Crippen MR) is 99.5 cm³/mol. The van der Waals surface area contributed by atoms with Crippen LogP contribution < -0.4 is 4.72 Å². The molecule has 1 amide bonds. The van der Waals surface area contributed by atoms with E-state index in [-0.39, 0.29) is 10.1 Å². The van der Waals surface area contributed by atoms with E-state index in [1.54, 1.807) is 47.5 Å². The van der Waals surface area contributed by atoms with E-state index in [4.69, 9.17) is 0 Å². The Labute approximate surface area is 150 Å². The largest absolute Gasteiger partial charge is 0.337 e. The highest BCUT2D eigenvalue weighted by Crippen LogP contribution is 2.27. The van der Waals surface area contributed by atoms with Crippen LogP contribution in [0, 0.1) is 6.92 Å². The molecule has 3 rings (SSSR count). The van der Waals surface area contributed by atoms with Crippen LogP contribution in [0.5, 0.6) is 0 Å². The number of carbonyl (C=O) groups is 1. The Kier molecular flexibility index (Phi) is 5.17. The number of thiophene rings is 1. The zero-order valence-electron chi connectivity index (χ0n) is 13.2. The Balaban J connectivity index is 1.94. The second-order valence-electron chi connectivity index (χ2n) is 5.44. The number of benzene rings is 1. The van der Waals surface area contributed by atoms with Crippen LogP contribution in [0.25, 0.3) is 0 Å². The SMILES string of the molecule is Cc1cccc(C(=O)N2CCSCC2)c1NS(=O)(=O)c1cccs1. The van der Waals surface area contributed by atoms with Gasteiger partial charge < -0.3 is 4.90 Å². The highest BCUT2D eigenvalue weighted by atomic mass is 32.2. The van der Waals surface area contributed by atoms with Crippen molar-refractivity contribution < 1.29 is 13.2 Å². The van der Waals surface area contributed by atoms with E-state index in [0.717, 1.165) is 28.4 Å². The summed E-state index contributed by atoms with van der Waals surface area (Å²) in [6.45, 7) is 3.18. The van der Waals surface area contributed by atoms with Crippen molar-refractivity contribution in [1.82, 2.24) is 4.90 Å². The molecule has 2 aromatic rings. The lowest BCUT2D eigenvalue weighted by Gasteiger charge is -2.27. The first-order valence-electron chi connectivity index (χ1n) is 7.52. The van der Waals surface area contributed by atoms with Gasteiger partial charge in [0, 0.05) is 24.6 Å². The number of nitrogens with one attached hydrogen (secondary N) is 1. The summed E-state index contributed by atoms with van der Waals surface area (Å²) >= 11 is 2.97. The summed E-state index contributed by atoms with van der Waals surface area (Å²) in [6.07, 6.45) is 0. The summed E-state index contributed by atoms with van der Waals surface area (Å²) in [4.78, 5) is 14.6. The molecule has 8 heteroatoms. The third kappa shape index (κ3) is 3.60. The summed E-state index contributed by atoms with van der Waals surface area (Å²) in [5.74, 6) is 1.70. The molecule has 0 bridgehead atoms. The summed E-state index contributed by atoms with van der Waals surface area (Å²) in [5, 5.41) is 1.71. The Hall–Kier alpha value is -1.51. The summed E-state index contributed by atoms with van der Waals surface area (Å²) < 4.78 is 27.9. The minimum absolute atomic E-state index is 0.122. The lowest BCUT2D eigenvalue weighted by atomic mass is 10.1. The maximum absolute atomic E-state index is 12.8. The molecule has 0 saturated carbocycles. The average molecular weight is 383 g/mol. The van der Waals surface area contributed by atoms with Gasteiger partial charge in [-0.25, -0.2) is 8.42 Å². The van der Waals surface area contributed by atoms with Gasteiger partial charge in [0.2, 0.25) is 0 Å². The molecule has 5 nitrogen and oxygen atoms in total. The molecule has 1 saturated heterocycles. The maximum atomic E-state index is 12.8. The van der Waals surface area contributed by atoms with Gasteiger partial charge in [0.25, 0.3) is 15.9 Å². The number of amides is 1. The molecule has 0 spiro atoms. The van der Waals surface area contributed by atoms with Crippen LogP contribution in [0.4, 0.5) is 5.69 Å².